The van der Waals surface area contributed by atoms with Crippen molar-refractivity contribution in [1.82, 2.24) is 10.2 Å². The maximum Gasteiger partial charge on any atom is 0.273 e. The summed E-state index contributed by atoms with van der Waals surface area (Å²) in [4.78, 5) is 40.5. The van der Waals surface area contributed by atoms with Crippen LogP contribution < -0.4 is 14.4 Å². The summed E-state index contributed by atoms with van der Waals surface area (Å²) < 4.78 is 34.8. The first-order chi connectivity index (χ1) is 23.4. The summed E-state index contributed by atoms with van der Waals surface area (Å²) >= 11 is 6.30. The van der Waals surface area contributed by atoms with Crippen molar-refractivity contribution in [3.8, 4) is 5.75 Å². The Balaban J connectivity index is 1.83. The van der Waals surface area contributed by atoms with E-state index in [4.69, 9.17) is 16.3 Å². The quantitative estimate of drug-likeness (QED) is 0.0818. The second kappa shape index (κ2) is 16.9. The zero-order valence-electron chi connectivity index (χ0n) is 27.5. The lowest BCUT2D eigenvalue weighted by Crippen LogP contribution is -2.53. The summed E-state index contributed by atoms with van der Waals surface area (Å²) in [5, 5.41) is 15.1. The molecule has 0 saturated carbocycles. The van der Waals surface area contributed by atoms with Crippen LogP contribution in [0.25, 0.3) is 0 Å². The highest BCUT2D eigenvalue weighted by Gasteiger charge is 2.35. The number of methoxy groups -OCH3 is 1. The molecule has 0 aliphatic heterocycles. The minimum atomic E-state index is -4.56. The highest BCUT2D eigenvalue weighted by molar-refractivity contribution is 7.92. The van der Waals surface area contributed by atoms with Crippen LogP contribution >= 0.6 is 11.6 Å². The summed E-state index contributed by atoms with van der Waals surface area (Å²) in [6.07, 6.45) is 1.74. The maximum atomic E-state index is 14.6. The summed E-state index contributed by atoms with van der Waals surface area (Å²) in [6.45, 7) is 3.14. The molecule has 13 heteroatoms. The number of anilines is 1. The molecule has 1 N–H and O–H groups in total. The number of sulfonamides is 1. The Morgan fingerprint density at radius 3 is 2.29 bits per heavy atom. The van der Waals surface area contributed by atoms with Gasteiger partial charge in [-0.3, -0.25) is 24.0 Å². The Bertz CT molecular complexity index is 1870. The van der Waals surface area contributed by atoms with Gasteiger partial charge in [-0.1, -0.05) is 73.5 Å². The molecule has 0 aliphatic carbocycles. The molecule has 11 nitrogen and oxygen atoms in total. The van der Waals surface area contributed by atoms with Crippen LogP contribution in [-0.2, 0) is 32.6 Å². The van der Waals surface area contributed by atoms with Gasteiger partial charge in [0.2, 0.25) is 11.8 Å². The Hall–Kier alpha value is -4.94. The molecule has 0 aliphatic rings. The second-order valence-corrected chi connectivity index (χ2v) is 13.7. The lowest BCUT2D eigenvalue weighted by atomic mass is 10.0. The van der Waals surface area contributed by atoms with Gasteiger partial charge in [-0.2, -0.15) is 0 Å². The lowest BCUT2D eigenvalue weighted by Gasteiger charge is -2.34. The first-order valence-corrected chi connectivity index (χ1v) is 17.5. The van der Waals surface area contributed by atoms with Crippen molar-refractivity contribution in [1.29, 1.82) is 0 Å². The van der Waals surface area contributed by atoms with Gasteiger partial charge in [0.1, 0.15) is 18.3 Å². The Labute approximate surface area is 291 Å². The fourth-order valence-corrected chi connectivity index (χ4v) is 6.89. The minimum absolute atomic E-state index is 0.0510. The third-order valence-corrected chi connectivity index (χ3v) is 9.95. The molecule has 0 saturated heterocycles. The van der Waals surface area contributed by atoms with Gasteiger partial charge < -0.3 is 15.0 Å². The second-order valence-electron chi connectivity index (χ2n) is 11.4. The van der Waals surface area contributed by atoms with Crippen molar-refractivity contribution in [3.05, 3.63) is 129 Å². The van der Waals surface area contributed by atoms with E-state index in [2.05, 4.69) is 5.32 Å². The van der Waals surface area contributed by atoms with Crippen LogP contribution in [-0.4, -0.2) is 56.3 Å². The smallest absolute Gasteiger partial charge is 0.273 e. The molecular weight excluding hydrogens is 668 g/mol. The molecule has 2 amide bonds. The van der Waals surface area contributed by atoms with E-state index in [0.29, 0.717) is 22.9 Å². The Morgan fingerprint density at radius 1 is 0.959 bits per heavy atom. The first-order valence-electron chi connectivity index (χ1n) is 15.7. The topological polar surface area (TPSA) is 139 Å². The van der Waals surface area contributed by atoms with E-state index >= 15 is 0 Å². The molecule has 0 fully saturated rings. The van der Waals surface area contributed by atoms with Crippen LogP contribution in [0, 0.1) is 17.0 Å². The third kappa shape index (κ3) is 9.58. The number of nitrogens with one attached hydrogen (secondary N) is 1. The molecular formula is C36H39ClN4O7S. The largest absolute Gasteiger partial charge is 0.497 e. The molecule has 0 unspecified atom stereocenters. The number of ether oxygens (including phenoxy) is 1. The number of unbranched alkanes of at least 4 members (excludes halogenated alkanes) is 1. The van der Waals surface area contributed by atoms with E-state index in [9.17, 15) is 28.1 Å². The van der Waals surface area contributed by atoms with Crippen LogP contribution in [0.2, 0.25) is 5.02 Å². The molecule has 0 radical (unpaired) electrons. The molecule has 1 atom stereocenters. The average molecular weight is 707 g/mol. The normalized spacial score (nSPS) is 11.8. The van der Waals surface area contributed by atoms with Crippen molar-refractivity contribution in [2.75, 3.05) is 24.5 Å². The number of nitrogens with zero attached hydrogens (tertiary/aromatic N) is 3. The molecule has 0 heterocycles. The van der Waals surface area contributed by atoms with E-state index in [-0.39, 0.29) is 40.7 Å². The number of halogens is 1. The fourth-order valence-electron chi connectivity index (χ4n) is 5.24. The van der Waals surface area contributed by atoms with Gasteiger partial charge in [-0.05, 0) is 66.9 Å². The van der Waals surface area contributed by atoms with E-state index < -0.39 is 33.4 Å². The lowest BCUT2D eigenvalue weighted by molar-refractivity contribution is -0.385. The number of nitro groups is 1. The fraction of sp³-hybridized carbons (Fsp3) is 0.278. The van der Waals surface area contributed by atoms with Crippen molar-refractivity contribution < 1.29 is 27.7 Å². The molecule has 0 aromatic heterocycles. The van der Waals surface area contributed by atoms with Crippen LogP contribution in [0.4, 0.5) is 11.4 Å². The standard InChI is InChI=1S/C36H39ClN4O7S/c1-4-5-20-38-36(43)34(22-27-10-7-6-8-11-27)39(24-28-12-9-13-29(37)21-28)35(42)25-40(30-15-17-31(48-3)18-16-30)49(46,47)32-19-14-26(2)33(23-32)41(44)45/h6-19,21,23,34H,4-5,20,22,24-25H2,1-3H3,(H,38,43)/t34-/m0/s1. The summed E-state index contributed by atoms with van der Waals surface area (Å²) in [7, 11) is -3.10. The average Bonchev–Trinajstić information content (AvgIpc) is 3.09. The number of rotatable bonds is 16. The Kier molecular flexibility index (Phi) is 12.8. The van der Waals surface area contributed by atoms with Crippen molar-refractivity contribution in [3.63, 3.8) is 0 Å². The van der Waals surface area contributed by atoms with E-state index in [1.54, 1.807) is 36.4 Å². The molecule has 4 aromatic rings. The van der Waals surface area contributed by atoms with E-state index in [0.717, 1.165) is 28.8 Å². The minimum Gasteiger partial charge on any atom is -0.497 e. The molecule has 4 aromatic carbocycles. The zero-order chi connectivity index (χ0) is 35.6. The van der Waals surface area contributed by atoms with Gasteiger partial charge in [-0.25, -0.2) is 8.42 Å². The highest BCUT2D eigenvalue weighted by Crippen LogP contribution is 2.30. The summed E-state index contributed by atoms with van der Waals surface area (Å²) in [6, 6.07) is 24.7. The van der Waals surface area contributed by atoms with E-state index in [1.807, 2.05) is 37.3 Å². The molecule has 258 valence electrons. The van der Waals surface area contributed by atoms with Crippen LogP contribution in [0.15, 0.2) is 102 Å². The number of carbonyl (C=O) groups is 2. The molecule has 0 spiro atoms. The van der Waals surface area contributed by atoms with Crippen LogP contribution in [0.5, 0.6) is 5.75 Å². The van der Waals surface area contributed by atoms with E-state index in [1.165, 1.54) is 43.2 Å². The maximum absolute atomic E-state index is 14.6. The number of hydrogen-bond donors (Lipinski definition) is 1. The number of carbonyl (C=O) groups excluding carboxylic acids is 2. The van der Waals surface area contributed by atoms with Gasteiger partial charge >= 0.3 is 0 Å². The van der Waals surface area contributed by atoms with Gasteiger partial charge in [0.15, 0.2) is 0 Å². The molecule has 0 bridgehead atoms. The predicted octanol–water partition coefficient (Wildman–Crippen LogP) is 6.32. The van der Waals surface area contributed by atoms with Crippen LogP contribution in [0.3, 0.4) is 0 Å². The number of hydrogen-bond acceptors (Lipinski definition) is 7. The number of amides is 2. The summed E-state index contributed by atoms with van der Waals surface area (Å²) in [5.41, 5.74) is 1.45. The third-order valence-electron chi connectivity index (χ3n) is 7.95. The van der Waals surface area contributed by atoms with Gasteiger partial charge in [0.05, 0.1) is 22.6 Å². The summed E-state index contributed by atoms with van der Waals surface area (Å²) in [5.74, 6) is -0.610. The SMILES string of the molecule is CCCCNC(=O)[C@H](Cc1ccccc1)N(Cc1cccc(Cl)c1)C(=O)CN(c1ccc(OC)cc1)S(=O)(=O)c1ccc(C)c([N+](=O)[O-])c1. The Morgan fingerprint density at radius 2 is 1.65 bits per heavy atom. The van der Waals surface area contributed by atoms with Gasteiger partial charge in [0, 0.05) is 36.2 Å². The van der Waals surface area contributed by atoms with Crippen molar-refractivity contribution >= 4 is 44.8 Å². The highest BCUT2D eigenvalue weighted by atomic mass is 35.5. The van der Waals surface area contributed by atoms with Crippen molar-refractivity contribution in [2.45, 2.75) is 50.6 Å². The predicted molar refractivity (Wildman–Crippen MR) is 189 cm³/mol. The number of nitro benzene ring substituents is 1. The van der Waals surface area contributed by atoms with Crippen LogP contribution in [0.1, 0.15) is 36.5 Å². The van der Waals surface area contributed by atoms with Gasteiger partial charge in [0.25, 0.3) is 15.7 Å². The van der Waals surface area contributed by atoms with Gasteiger partial charge in [-0.15, -0.1) is 0 Å². The molecule has 4 rings (SSSR count). The first kappa shape index (κ1) is 36.9. The molecule has 49 heavy (non-hydrogen) atoms. The number of aryl methyl sites for hydroxylation is 1. The number of benzene rings is 4. The van der Waals surface area contributed by atoms with Crippen molar-refractivity contribution in [2.24, 2.45) is 0 Å². The monoisotopic (exact) mass is 706 g/mol. The zero-order valence-corrected chi connectivity index (χ0v) is 29.1.